The summed E-state index contributed by atoms with van der Waals surface area (Å²) in [6, 6.07) is 13.9. The number of hydrogen-bond donors (Lipinski definition) is 1. The smallest absolute Gasteiger partial charge is 0.416 e. The Morgan fingerprint density at radius 1 is 1.00 bits per heavy atom. The first-order valence-corrected chi connectivity index (χ1v) is 8.36. The second-order valence-corrected chi connectivity index (χ2v) is 5.97. The average Bonchev–Trinajstić information content (AvgIpc) is 3.10. The fraction of sp³-hybridized carbons (Fsp3) is 0.100. The lowest BCUT2D eigenvalue weighted by molar-refractivity contribution is -0.138. The van der Waals surface area contributed by atoms with E-state index in [2.05, 4.69) is 15.5 Å². The number of alkyl halides is 3. The van der Waals surface area contributed by atoms with Gasteiger partial charge in [-0.15, -0.1) is 0 Å². The van der Waals surface area contributed by atoms with Gasteiger partial charge in [0, 0.05) is 11.8 Å². The molecule has 0 aliphatic rings. The molecule has 0 aliphatic heterocycles. The van der Waals surface area contributed by atoms with E-state index in [9.17, 15) is 13.2 Å². The van der Waals surface area contributed by atoms with Gasteiger partial charge >= 0.3 is 6.18 Å². The van der Waals surface area contributed by atoms with E-state index < -0.39 is 11.7 Å². The van der Waals surface area contributed by atoms with Crippen LogP contribution in [0.1, 0.15) is 11.1 Å². The van der Waals surface area contributed by atoms with Gasteiger partial charge in [0.25, 0.3) is 0 Å². The molecule has 2 aromatic carbocycles. The van der Waals surface area contributed by atoms with Crippen molar-refractivity contribution < 1.29 is 22.4 Å². The number of aromatic nitrogens is 2. The molecule has 28 heavy (non-hydrogen) atoms. The lowest BCUT2D eigenvalue weighted by atomic mass is 10.1. The monoisotopic (exact) mass is 385 g/mol. The highest BCUT2D eigenvalue weighted by atomic mass is 19.4. The van der Waals surface area contributed by atoms with Gasteiger partial charge in [0.05, 0.1) is 17.4 Å². The van der Waals surface area contributed by atoms with Gasteiger partial charge in [-0.1, -0.05) is 29.4 Å². The van der Waals surface area contributed by atoms with Gasteiger partial charge in [-0.2, -0.15) is 13.2 Å². The summed E-state index contributed by atoms with van der Waals surface area (Å²) in [6.45, 7) is -0.244. The van der Waals surface area contributed by atoms with Gasteiger partial charge in [-0.05, 0) is 30.3 Å². The first-order valence-electron chi connectivity index (χ1n) is 8.36. The third-order valence-corrected chi connectivity index (χ3v) is 4.09. The summed E-state index contributed by atoms with van der Waals surface area (Å²) in [7, 11) is 0. The van der Waals surface area contributed by atoms with Gasteiger partial charge in [0.1, 0.15) is 17.7 Å². The Bertz CT molecular complexity index is 1090. The largest absolute Gasteiger partial charge is 0.488 e. The second kappa shape index (κ2) is 7.22. The highest BCUT2D eigenvalue weighted by Crippen LogP contribution is 2.36. The number of halogens is 3. The van der Waals surface area contributed by atoms with Crippen LogP contribution in [0.2, 0.25) is 0 Å². The number of hydrogen-bond acceptors (Lipinski definition) is 5. The first kappa shape index (κ1) is 17.8. The zero-order valence-corrected chi connectivity index (χ0v) is 14.4. The predicted octanol–water partition coefficient (Wildman–Crippen LogP) is 5.56. The third kappa shape index (κ3) is 3.62. The third-order valence-electron chi connectivity index (χ3n) is 4.09. The Balaban J connectivity index is 1.64. The number of ether oxygens (including phenoxy) is 1. The molecule has 4 aromatic rings. The Kier molecular flexibility index (Phi) is 4.60. The summed E-state index contributed by atoms with van der Waals surface area (Å²) < 4.78 is 50.6. The van der Waals surface area contributed by atoms with Crippen LogP contribution in [0, 0.1) is 0 Å². The van der Waals surface area contributed by atoms with Gasteiger partial charge in [-0.3, -0.25) is 4.98 Å². The van der Waals surface area contributed by atoms with Crippen molar-refractivity contribution in [2.45, 2.75) is 12.8 Å². The van der Waals surface area contributed by atoms with Gasteiger partial charge in [0.2, 0.25) is 0 Å². The molecule has 2 aromatic heterocycles. The van der Waals surface area contributed by atoms with E-state index in [0.29, 0.717) is 28.2 Å². The number of pyridine rings is 1. The molecule has 142 valence electrons. The first-order chi connectivity index (χ1) is 13.5. The van der Waals surface area contributed by atoms with E-state index in [1.54, 1.807) is 48.8 Å². The molecule has 0 fully saturated rings. The fourth-order valence-corrected chi connectivity index (χ4v) is 2.82. The van der Waals surface area contributed by atoms with Crippen molar-refractivity contribution in [2.24, 2.45) is 0 Å². The molecule has 0 unspecified atom stereocenters. The topological polar surface area (TPSA) is 60.2 Å². The summed E-state index contributed by atoms with van der Waals surface area (Å²) in [5, 5.41) is 7.60. The van der Waals surface area contributed by atoms with E-state index in [-0.39, 0.29) is 12.2 Å². The summed E-state index contributed by atoms with van der Waals surface area (Å²) >= 11 is 0. The number of anilines is 2. The molecule has 0 amide bonds. The summed E-state index contributed by atoms with van der Waals surface area (Å²) in [4.78, 5) is 4.02. The Hall–Kier alpha value is -3.55. The summed E-state index contributed by atoms with van der Waals surface area (Å²) in [5.41, 5.74) is 0.467. The molecular weight excluding hydrogens is 371 g/mol. The van der Waals surface area contributed by atoms with Crippen LogP contribution in [0.3, 0.4) is 0 Å². The minimum Gasteiger partial charge on any atom is -0.488 e. The van der Waals surface area contributed by atoms with Crippen LogP contribution < -0.4 is 10.1 Å². The molecular formula is C20H14F3N3O2. The van der Waals surface area contributed by atoms with E-state index in [1.165, 1.54) is 12.1 Å². The Morgan fingerprint density at radius 3 is 2.64 bits per heavy atom. The van der Waals surface area contributed by atoms with Crippen LogP contribution in [-0.2, 0) is 12.8 Å². The quantitative estimate of drug-likeness (QED) is 0.487. The Labute approximate surface area is 157 Å². The maximum Gasteiger partial charge on any atom is 0.416 e. The van der Waals surface area contributed by atoms with Crippen molar-refractivity contribution >= 4 is 22.5 Å². The van der Waals surface area contributed by atoms with Crippen LogP contribution in [0.25, 0.3) is 11.0 Å². The van der Waals surface area contributed by atoms with E-state index in [1.807, 2.05) is 0 Å². The zero-order chi connectivity index (χ0) is 19.6. The molecule has 0 atom stereocenters. The molecule has 4 rings (SSSR count). The van der Waals surface area contributed by atoms with Crippen LogP contribution >= 0.6 is 0 Å². The van der Waals surface area contributed by atoms with Crippen LogP contribution in [0.5, 0.6) is 5.75 Å². The maximum atomic E-state index is 13.2. The molecule has 8 heteroatoms. The number of fused-ring (bicyclic) bond motifs is 1. The predicted molar refractivity (Wildman–Crippen MR) is 97.3 cm³/mol. The van der Waals surface area contributed by atoms with Crippen LogP contribution in [-0.4, -0.2) is 10.1 Å². The number of nitrogens with one attached hydrogen (secondary N) is 1. The number of benzene rings is 2. The Morgan fingerprint density at radius 2 is 1.86 bits per heavy atom. The molecule has 0 bridgehead atoms. The van der Waals surface area contributed by atoms with Crippen molar-refractivity contribution in [3.05, 3.63) is 78.1 Å². The van der Waals surface area contributed by atoms with Crippen molar-refractivity contribution in [1.29, 1.82) is 0 Å². The van der Waals surface area contributed by atoms with Crippen molar-refractivity contribution in [3.63, 3.8) is 0 Å². The molecule has 5 nitrogen and oxygen atoms in total. The number of nitrogens with zero attached hydrogens (tertiary/aromatic N) is 2. The fourth-order valence-electron chi connectivity index (χ4n) is 2.82. The molecule has 0 radical (unpaired) electrons. The zero-order valence-electron chi connectivity index (χ0n) is 14.4. The van der Waals surface area contributed by atoms with E-state index >= 15 is 0 Å². The highest BCUT2D eigenvalue weighted by molar-refractivity contribution is 5.95. The van der Waals surface area contributed by atoms with Gasteiger partial charge in [0.15, 0.2) is 11.4 Å². The van der Waals surface area contributed by atoms with Gasteiger partial charge < -0.3 is 14.6 Å². The molecule has 2 heterocycles. The average molecular weight is 385 g/mol. The minimum atomic E-state index is -4.45. The SMILES string of the molecule is FC(F)(F)c1ccccc1COc1cccc2onc(Nc3cccnc3)c12. The normalized spacial score (nSPS) is 11.5. The molecule has 0 spiro atoms. The van der Waals surface area contributed by atoms with Crippen molar-refractivity contribution in [1.82, 2.24) is 10.1 Å². The lowest BCUT2D eigenvalue weighted by Gasteiger charge is -2.14. The second-order valence-electron chi connectivity index (χ2n) is 5.97. The van der Waals surface area contributed by atoms with E-state index in [0.717, 1.165) is 6.07 Å². The minimum absolute atomic E-state index is 0.0465. The van der Waals surface area contributed by atoms with E-state index in [4.69, 9.17) is 9.26 Å². The van der Waals surface area contributed by atoms with Crippen molar-refractivity contribution in [3.8, 4) is 5.75 Å². The lowest BCUT2D eigenvalue weighted by Crippen LogP contribution is -2.10. The molecule has 0 aliphatic carbocycles. The summed E-state index contributed by atoms with van der Waals surface area (Å²) in [6.07, 6.45) is -1.20. The maximum absolute atomic E-state index is 13.2. The van der Waals surface area contributed by atoms with Gasteiger partial charge in [-0.25, -0.2) is 0 Å². The number of rotatable bonds is 5. The summed E-state index contributed by atoms with van der Waals surface area (Å²) in [5.74, 6) is 0.754. The molecule has 0 saturated carbocycles. The molecule has 0 saturated heterocycles. The van der Waals surface area contributed by atoms with Crippen LogP contribution in [0.4, 0.5) is 24.7 Å². The van der Waals surface area contributed by atoms with Crippen molar-refractivity contribution in [2.75, 3.05) is 5.32 Å². The standard InChI is InChI=1S/C20H14F3N3O2/c21-20(22,23)15-7-2-1-5-13(15)12-27-16-8-3-9-17-18(16)19(26-28-17)25-14-6-4-10-24-11-14/h1-11H,12H2,(H,25,26). The van der Waals surface area contributed by atoms with Crippen LogP contribution in [0.15, 0.2) is 71.5 Å². The highest BCUT2D eigenvalue weighted by Gasteiger charge is 2.33. The molecule has 1 N–H and O–H groups in total.